The van der Waals surface area contributed by atoms with Gasteiger partial charge in [-0.3, -0.25) is 0 Å². The number of rotatable bonds is 3. The molecule has 1 aromatic rings. The molecule has 2 rings (SSSR count). The van der Waals surface area contributed by atoms with Crippen LogP contribution in [0.5, 0.6) is 0 Å². The third kappa shape index (κ3) is 3.43. The van der Waals surface area contributed by atoms with Crippen LogP contribution in [0.3, 0.4) is 0 Å². The van der Waals surface area contributed by atoms with Crippen molar-refractivity contribution in [3.05, 3.63) is 23.5 Å². The summed E-state index contributed by atoms with van der Waals surface area (Å²) in [5.74, 6) is 0. The number of nitrogens with zero attached hydrogens (tertiary/aromatic N) is 1. The zero-order valence-corrected chi connectivity index (χ0v) is 11.7. The van der Waals surface area contributed by atoms with E-state index >= 15 is 0 Å². The molecule has 0 aliphatic heterocycles. The number of aromatic nitrogens is 1. The summed E-state index contributed by atoms with van der Waals surface area (Å²) in [5.41, 5.74) is 0. The Morgan fingerprint density at radius 2 is 1.89 bits per heavy atom. The summed E-state index contributed by atoms with van der Waals surface area (Å²) < 4.78 is 27.1. The molecule has 0 atom stereocenters. The lowest BCUT2D eigenvalue weighted by Gasteiger charge is -2.16. The number of hydrogen-bond acceptors (Lipinski definition) is 3. The molecule has 0 bridgehead atoms. The fourth-order valence-electron chi connectivity index (χ4n) is 2.25. The van der Waals surface area contributed by atoms with Crippen molar-refractivity contribution in [1.82, 2.24) is 9.71 Å². The molecule has 100 valence electrons. The van der Waals surface area contributed by atoms with E-state index in [0.29, 0.717) is 0 Å². The Balaban J connectivity index is 2.14. The highest BCUT2D eigenvalue weighted by Crippen LogP contribution is 2.22. The Hall–Kier alpha value is -0.650. The molecule has 1 aliphatic rings. The van der Waals surface area contributed by atoms with E-state index < -0.39 is 10.0 Å². The molecule has 0 saturated heterocycles. The van der Waals surface area contributed by atoms with Crippen molar-refractivity contribution in [2.45, 2.75) is 49.5 Å². The normalized spacial score (nSPS) is 18.5. The third-order valence-corrected chi connectivity index (χ3v) is 5.16. The van der Waals surface area contributed by atoms with Crippen molar-refractivity contribution in [1.29, 1.82) is 0 Å². The standard InChI is InChI=1S/C12H17ClN2O2S/c13-12-11(8-5-9-14-12)18(16,17)15-10-6-3-1-2-4-7-10/h5,8-10,15H,1-4,6-7H2. The van der Waals surface area contributed by atoms with Gasteiger partial charge in [-0.05, 0) is 25.0 Å². The van der Waals surface area contributed by atoms with Gasteiger partial charge < -0.3 is 0 Å². The van der Waals surface area contributed by atoms with Crippen molar-refractivity contribution in [2.24, 2.45) is 0 Å². The molecule has 1 saturated carbocycles. The minimum atomic E-state index is -3.55. The van der Waals surface area contributed by atoms with E-state index in [0.717, 1.165) is 25.7 Å². The number of hydrogen-bond donors (Lipinski definition) is 1. The number of pyridine rings is 1. The summed E-state index contributed by atoms with van der Waals surface area (Å²) in [6.45, 7) is 0. The van der Waals surface area contributed by atoms with E-state index in [9.17, 15) is 8.42 Å². The summed E-state index contributed by atoms with van der Waals surface area (Å²) in [6, 6.07) is 3.08. The van der Waals surface area contributed by atoms with Crippen LogP contribution < -0.4 is 4.72 Å². The molecule has 1 N–H and O–H groups in total. The zero-order valence-electron chi connectivity index (χ0n) is 10.1. The topological polar surface area (TPSA) is 59.1 Å². The van der Waals surface area contributed by atoms with Crippen LogP contribution >= 0.6 is 11.6 Å². The summed E-state index contributed by atoms with van der Waals surface area (Å²) in [6.07, 6.45) is 7.81. The Morgan fingerprint density at radius 1 is 1.22 bits per heavy atom. The lowest BCUT2D eigenvalue weighted by Crippen LogP contribution is -2.34. The van der Waals surface area contributed by atoms with Gasteiger partial charge in [0.2, 0.25) is 10.0 Å². The second-order valence-electron chi connectivity index (χ2n) is 4.60. The van der Waals surface area contributed by atoms with E-state index in [-0.39, 0.29) is 16.1 Å². The molecule has 0 aromatic carbocycles. The third-order valence-electron chi connectivity index (χ3n) is 3.19. The monoisotopic (exact) mass is 288 g/mol. The van der Waals surface area contributed by atoms with Crippen molar-refractivity contribution in [3.63, 3.8) is 0 Å². The molecule has 0 radical (unpaired) electrons. The maximum Gasteiger partial charge on any atom is 0.243 e. The van der Waals surface area contributed by atoms with Gasteiger partial charge in [0.15, 0.2) is 0 Å². The minimum absolute atomic E-state index is 0.0220. The summed E-state index contributed by atoms with van der Waals surface area (Å²) in [5, 5.41) is 0.0265. The first kappa shape index (κ1) is 13.8. The molecule has 1 aliphatic carbocycles. The second-order valence-corrected chi connectivity index (χ2v) is 6.64. The quantitative estimate of drug-likeness (QED) is 0.687. The smallest absolute Gasteiger partial charge is 0.243 e. The molecule has 1 aromatic heterocycles. The zero-order chi connectivity index (χ0) is 13.0. The molecular weight excluding hydrogens is 272 g/mol. The van der Waals surface area contributed by atoms with E-state index in [2.05, 4.69) is 9.71 Å². The molecule has 1 fully saturated rings. The van der Waals surface area contributed by atoms with Crippen LogP contribution in [0.1, 0.15) is 38.5 Å². The van der Waals surface area contributed by atoms with Crippen LogP contribution in [0.15, 0.2) is 23.2 Å². The Labute approximate surface area is 113 Å². The summed E-state index contributed by atoms with van der Waals surface area (Å²) >= 11 is 5.83. The van der Waals surface area contributed by atoms with Crippen LogP contribution in [0.4, 0.5) is 0 Å². The maximum absolute atomic E-state index is 12.2. The first-order chi connectivity index (χ1) is 8.59. The summed E-state index contributed by atoms with van der Waals surface area (Å²) in [7, 11) is -3.55. The van der Waals surface area contributed by atoms with Gasteiger partial charge in [0.25, 0.3) is 0 Å². The van der Waals surface area contributed by atoms with E-state index in [1.807, 2.05) is 0 Å². The fourth-order valence-corrected chi connectivity index (χ4v) is 4.01. The first-order valence-corrected chi connectivity index (χ1v) is 8.08. The SMILES string of the molecule is O=S(=O)(NC1CCCCCC1)c1cccnc1Cl. The van der Waals surface area contributed by atoms with Crippen LogP contribution in [-0.2, 0) is 10.0 Å². The van der Waals surface area contributed by atoms with E-state index in [4.69, 9.17) is 11.6 Å². The van der Waals surface area contributed by atoms with Crippen molar-refractivity contribution >= 4 is 21.6 Å². The van der Waals surface area contributed by atoms with Crippen LogP contribution in [0, 0.1) is 0 Å². The number of halogens is 1. The number of sulfonamides is 1. The highest BCUT2D eigenvalue weighted by molar-refractivity contribution is 7.89. The lowest BCUT2D eigenvalue weighted by atomic mass is 10.1. The van der Waals surface area contributed by atoms with Crippen molar-refractivity contribution in [3.8, 4) is 0 Å². The highest BCUT2D eigenvalue weighted by atomic mass is 35.5. The van der Waals surface area contributed by atoms with Gasteiger partial charge in [0.1, 0.15) is 10.0 Å². The molecule has 1 heterocycles. The highest BCUT2D eigenvalue weighted by Gasteiger charge is 2.23. The largest absolute Gasteiger partial charge is 0.243 e. The van der Waals surface area contributed by atoms with Gasteiger partial charge in [-0.2, -0.15) is 0 Å². The van der Waals surface area contributed by atoms with Gasteiger partial charge in [-0.15, -0.1) is 0 Å². The lowest BCUT2D eigenvalue weighted by molar-refractivity contribution is 0.510. The predicted octanol–water partition coefficient (Wildman–Crippen LogP) is 2.74. The Morgan fingerprint density at radius 3 is 2.50 bits per heavy atom. The average molecular weight is 289 g/mol. The molecule has 0 spiro atoms. The van der Waals surface area contributed by atoms with Crippen LogP contribution in [-0.4, -0.2) is 19.4 Å². The number of nitrogens with one attached hydrogen (secondary N) is 1. The average Bonchev–Trinajstić information content (AvgIpc) is 2.57. The van der Waals surface area contributed by atoms with Gasteiger partial charge in [0, 0.05) is 12.2 Å². The Kier molecular flexibility index (Phi) is 4.59. The first-order valence-electron chi connectivity index (χ1n) is 6.22. The molecule has 18 heavy (non-hydrogen) atoms. The molecule has 6 heteroatoms. The minimum Gasteiger partial charge on any atom is -0.243 e. The van der Waals surface area contributed by atoms with Crippen molar-refractivity contribution in [2.75, 3.05) is 0 Å². The van der Waals surface area contributed by atoms with Crippen LogP contribution in [0.25, 0.3) is 0 Å². The van der Waals surface area contributed by atoms with Crippen LogP contribution in [0.2, 0.25) is 5.15 Å². The molecule has 0 unspecified atom stereocenters. The van der Waals surface area contributed by atoms with Crippen molar-refractivity contribution < 1.29 is 8.42 Å². The van der Waals surface area contributed by atoms with Gasteiger partial charge >= 0.3 is 0 Å². The fraction of sp³-hybridized carbons (Fsp3) is 0.583. The Bertz CT molecular complexity index is 497. The van der Waals surface area contributed by atoms with E-state index in [1.54, 1.807) is 6.07 Å². The van der Waals surface area contributed by atoms with Gasteiger partial charge in [-0.1, -0.05) is 37.3 Å². The molecular formula is C12H17ClN2O2S. The maximum atomic E-state index is 12.2. The van der Waals surface area contributed by atoms with Gasteiger partial charge in [0.05, 0.1) is 0 Å². The second kappa shape index (κ2) is 5.99. The van der Waals surface area contributed by atoms with E-state index in [1.165, 1.54) is 25.1 Å². The summed E-state index contributed by atoms with van der Waals surface area (Å²) in [4.78, 5) is 3.87. The van der Waals surface area contributed by atoms with Gasteiger partial charge in [-0.25, -0.2) is 18.1 Å². The molecule has 4 nitrogen and oxygen atoms in total. The molecule has 0 amide bonds. The predicted molar refractivity (Wildman–Crippen MR) is 71.1 cm³/mol.